The fraction of sp³-hybridized carbons (Fsp3) is 0.929. The van der Waals surface area contributed by atoms with Gasteiger partial charge in [0, 0.05) is 13.2 Å². The maximum Gasteiger partial charge on any atom is 0.303 e. The van der Waals surface area contributed by atoms with Crippen molar-refractivity contribution in [3.05, 3.63) is 0 Å². The van der Waals surface area contributed by atoms with E-state index in [1.165, 1.54) is 25.7 Å². The van der Waals surface area contributed by atoms with Crippen molar-refractivity contribution < 1.29 is 16.8 Å². The van der Waals surface area contributed by atoms with Crippen LogP contribution in [-0.2, 0) is 4.79 Å². The van der Waals surface area contributed by atoms with Crippen molar-refractivity contribution in [2.24, 2.45) is 0 Å². The van der Waals surface area contributed by atoms with Crippen molar-refractivity contribution in [1.82, 2.24) is 0 Å². The normalized spacial score (nSPS) is 18.9. The molecule has 0 fully saturated rings. The molecule has 16 heavy (non-hydrogen) atoms. The maximum atomic E-state index is 10.8. The van der Waals surface area contributed by atoms with Gasteiger partial charge in [-0.15, -0.1) is 0 Å². The van der Waals surface area contributed by atoms with Gasteiger partial charge in [-0.3, -0.25) is 4.79 Å². The Morgan fingerprint density at radius 1 is 1.00 bits per heavy atom. The zero-order valence-corrected chi connectivity index (χ0v) is 10.3. The summed E-state index contributed by atoms with van der Waals surface area (Å²) >= 11 is 0. The topological polar surface area (TPSA) is 37.3 Å². The largest absolute Gasteiger partial charge is 0.481 e. The molecule has 2 heteroatoms. The third-order valence-electron chi connectivity index (χ3n) is 2.48. The number of carbonyl (C=O) groups is 1. The van der Waals surface area contributed by atoms with Crippen LogP contribution in [0.4, 0.5) is 0 Å². The van der Waals surface area contributed by atoms with Crippen LogP contribution in [-0.4, -0.2) is 11.1 Å². The molecule has 0 amide bonds. The summed E-state index contributed by atoms with van der Waals surface area (Å²) in [6.07, 6.45) is 1.69. The number of hydrogen-bond acceptors (Lipinski definition) is 1. The highest BCUT2D eigenvalue weighted by atomic mass is 16.4. The van der Waals surface area contributed by atoms with Gasteiger partial charge in [0.1, 0.15) is 0 Å². The van der Waals surface area contributed by atoms with Crippen LogP contribution in [0.2, 0.25) is 0 Å². The lowest BCUT2D eigenvalue weighted by Crippen LogP contribution is -1.93. The lowest BCUT2D eigenvalue weighted by Gasteiger charge is -2.01. The van der Waals surface area contributed by atoms with E-state index in [0.717, 1.165) is 19.3 Å². The fourth-order valence-electron chi connectivity index (χ4n) is 1.57. The molecule has 0 spiro atoms. The molecule has 1 N–H and O–H groups in total. The van der Waals surface area contributed by atoms with E-state index in [2.05, 4.69) is 6.92 Å². The number of carboxylic acids is 1. The van der Waals surface area contributed by atoms with E-state index in [9.17, 15) is 4.79 Å². The van der Waals surface area contributed by atoms with Gasteiger partial charge in [0.05, 0.1) is 0 Å². The van der Waals surface area contributed by atoms with E-state index in [1.54, 1.807) is 0 Å². The molecule has 1 unspecified atom stereocenters. The van der Waals surface area contributed by atoms with Crippen molar-refractivity contribution in [3.63, 3.8) is 0 Å². The van der Waals surface area contributed by atoms with Gasteiger partial charge in [0.25, 0.3) is 0 Å². The van der Waals surface area contributed by atoms with Crippen LogP contribution in [0.5, 0.6) is 0 Å². The Bertz CT molecular complexity index is 308. The van der Waals surface area contributed by atoms with E-state index >= 15 is 0 Å². The van der Waals surface area contributed by atoms with Crippen molar-refractivity contribution in [2.45, 2.75) is 83.9 Å². The van der Waals surface area contributed by atoms with Gasteiger partial charge in [-0.25, -0.2) is 0 Å². The third kappa shape index (κ3) is 13.5. The van der Waals surface area contributed by atoms with E-state index in [-0.39, 0.29) is 6.42 Å². The summed E-state index contributed by atoms with van der Waals surface area (Å²) < 4.78 is 37.5. The highest BCUT2D eigenvalue weighted by Crippen LogP contribution is 2.11. The first kappa shape index (κ1) is 8.54. The molecule has 0 aliphatic rings. The summed E-state index contributed by atoms with van der Waals surface area (Å²) in [5.74, 6) is -1.85. The Morgan fingerprint density at radius 2 is 1.50 bits per heavy atom. The number of rotatable bonds is 12. The highest BCUT2D eigenvalue weighted by Gasteiger charge is 1.96. The number of aliphatic carboxylic acids is 1. The number of carboxylic acid groups (broad SMARTS) is 1. The standard InChI is InChI=1S/C14H28O2/c1-2-3-4-5-6-7-8-9-10-11-12-13-14(15)16/h2-13H2,1H3,(H,15,16)/i11D,12D2,13D2. The van der Waals surface area contributed by atoms with Gasteiger partial charge in [-0.05, 0) is 6.37 Å². The molecule has 1 atom stereocenters. The third-order valence-corrected chi connectivity index (χ3v) is 2.48. The zero-order chi connectivity index (χ0) is 16.5. The number of hydrogen-bond donors (Lipinski definition) is 1. The second kappa shape index (κ2) is 12.5. The molecule has 0 aliphatic carbocycles. The molecular formula is C14H28O2. The van der Waals surface area contributed by atoms with Crippen LogP contribution >= 0.6 is 0 Å². The molecule has 0 aliphatic heterocycles. The Hall–Kier alpha value is -0.530. The minimum absolute atomic E-state index is 0.189. The van der Waals surface area contributed by atoms with E-state index in [0.29, 0.717) is 6.42 Å². The lowest BCUT2D eigenvalue weighted by atomic mass is 10.1. The average Bonchev–Trinajstić information content (AvgIpc) is 2.40. The summed E-state index contributed by atoms with van der Waals surface area (Å²) in [5, 5.41) is 8.74. The molecule has 0 aromatic carbocycles. The smallest absolute Gasteiger partial charge is 0.303 e. The van der Waals surface area contributed by atoms with Crippen molar-refractivity contribution in [3.8, 4) is 0 Å². The molecule has 0 aromatic heterocycles. The Labute approximate surface area is 107 Å². The second-order valence-electron chi connectivity index (χ2n) is 4.04. The quantitative estimate of drug-likeness (QED) is 0.493. The SMILES string of the molecule is [2H]C(CCCCCCCCCC)C([2H])([2H])C([2H])([2H])C(=O)O. The van der Waals surface area contributed by atoms with E-state index in [4.69, 9.17) is 12.0 Å². The molecule has 0 saturated carbocycles. The number of unbranched alkanes of at least 4 members (excludes halogenated alkanes) is 7. The molecule has 0 bridgehead atoms. The predicted octanol–water partition coefficient (Wildman–Crippen LogP) is 4.77. The predicted molar refractivity (Wildman–Crippen MR) is 68.7 cm³/mol. The van der Waals surface area contributed by atoms with Gasteiger partial charge in [-0.1, -0.05) is 71.1 Å². The van der Waals surface area contributed by atoms with Crippen molar-refractivity contribution in [2.75, 3.05) is 0 Å². The zero-order valence-electron chi connectivity index (χ0n) is 15.3. The van der Waals surface area contributed by atoms with Crippen LogP contribution in [0.15, 0.2) is 0 Å². The minimum Gasteiger partial charge on any atom is -0.481 e. The first-order valence-corrected chi connectivity index (χ1v) is 6.33. The Morgan fingerprint density at radius 3 is 2.00 bits per heavy atom. The van der Waals surface area contributed by atoms with Gasteiger partial charge < -0.3 is 5.11 Å². The van der Waals surface area contributed by atoms with Gasteiger partial charge in [-0.2, -0.15) is 0 Å². The highest BCUT2D eigenvalue weighted by molar-refractivity contribution is 5.66. The van der Waals surface area contributed by atoms with Crippen LogP contribution in [0, 0.1) is 0 Å². The summed E-state index contributed by atoms with van der Waals surface area (Å²) in [6, 6.07) is 0. The molecule has 0 heterocycles. The fourth-order valence-corrected chi connectivity index (χ4v) is 1.57. The van der Waals surface area contributed by atoms with Crippen LogP contribution < -0.4 is 0 Å². The lowest BCUT2D eigenvalue weighted by molar-refractivity contribution is -0.137. The van der Waals surface area contributed by atoms with Gasteiger partial charge in [0.2, 0.25) is 0 Å². The molecule has 0 saturated heterocycles. The minimum atomic E-state index is -3.03. The first-order valence-electron chi connectivity index (χ1n) is 8.91. The van der Waals surface area contributed by atoms with Gasteiger partial charge >= 0.3 is 5.97 Å². The van der Waals surface area contributed by atoms with Crippen LogP contribution in [0.25, 0.3) is 0 Å². The molecule has 0 radical (unpaired) electrons. The van der Waals surface area contributed by atoms with Crippen molar-refractivity contribution >= 4 is 5.97 Å². The summed E-state index contributed by atoms with van der Waals surface area (Å²) in [7, 11) is 0. The van der Waals surface area contributed by atoms with E-state index in [1.807, 2.05) is 0 Å². The van der Waals surface area contributed by atoms with Gasteiger partial charge in [0.15, 0.2) is 0 Å². The van der Waals surface area contributed by atoms with E-state index < -0.39 is 25.1 Å². The van der Waals surface area contributed by atoms with Crippen molar-refractivity contribution in [1.29, 1.82) is 0 Å². The Balaban J connectivity index is 3.98. The molecule has 0 rings (SSSR count). The average molecular weight is 233 g/mol. The van der Waals surface area contributed by atoms with Crippen LogP contribution in [0.1, 0.15) is 90.7 Å². The summed E-state index contributed by atoms with van der Waals surface area (Å²) in [5.41, 5.74) is 0. The maximum absolute atomic E-state index is 10.8. The monoisotopic (exact) mass is 233 g/mol. The Kier molecular flexibility index (Phi) is 6.70. The summed E-state index contributed by atoms with van der Waals surface area (Å²) in [6.45, 7) is 2.16. The molecule has 96 valence electrons. The molecule has 2 nitrogen and oxygen atoms in total. The first-order chi connectivity index (χ1) is 9.67. The molecule has 0 aromatic rings. The second-order valence-corrected chi connectivity index (χ2v) is 4.04. The molecular weight excluding hydrogens is 200 g/mol. The van der Waals surface area contributed by atoms with Crippen LogP contribution in [0.3, 0.4) is 0 Å². The summed E-state index contributed by atoms with van der Waals surface area (Å²) in [4.78, 5) is 10.8.